The number of aryl methyl sites for hydroxylation is 1. The third-order valence-corrected chi connectivity index (χ3v) is 2.92. The molecule has 0 saturated heterocycles. The van der Waals surface area contributed by atoms with Gasteiger partial charge in [-0.05, 0) is 30.5 Å². The molecule has 0 unspecified atom stereocenters. The van der Waals surface area contributed by atoms with Gasteiger partial charge in [0.2, 0.25) is 0 Å². The minimum absolute atomic E-state index is 0.184. The Morgan fingerprint density at radius 3 is 2.55 bits per heavy atom. The van der Waals surface area contributed by atoms with Gasteiger partial charge in [-0.1, -0.05) is 25.5 Å². The third-order valence-electron chi connectivity index (χ3n) is 2.92. The minimum Gasteiger partial charge on any atom is -0.480 e. The summed E-state index contributed by atoms with van der Waals surface area (Å²) in [6, 6.07) is 9.44. The van der Waals surface area contributed by atoms with Gasteiger partial charge in [0.1, 0.15) is 18.2 Å². The maximum Gasteiger partial charge on any atom is 0.322 e. The summed E-state index contributed by atoms with van der Waals surface area (Å²) in [5.41, 5.74) is 1.80. The van der Waals surface area contributed by atoms with E-state index in [1.54, 1.807) is 6.07 Å². The van der Waals surface area contributed by atoms with E-state index in [0.717, 1.165) is 24.9 Å². The first-order valence-corrected chi connectivity index (χ1v) is 7.02. The molecule has 1 rings (SSSR count). The van der Waals surface area contributed by atoms with Gasteiger partial charge < -0.3 is 15.7 Å². The van der Waals surface area contributed by atoms with Crippen molar-refractivity contribution in [3.63, 3.8) is 0 Å². The van der Waals surface area contributed by atoms with Gasteiger partial charge in [-0.25, -0.2) is 0 Å². The van der Waals surface area contributed by atoms with Gasteiger partial charge in [0.25, 0.3) is 5.91 Å². The van der Waals surface area contributed by atoms with E-state index in [2.05, 4.69) is 17.6 Å². The number of nitriles is 1. The van der Waals surface area contributed by atoms with Gasteiger partial charge in [-0.2, -0.15) is 5.26 Å². The van der Waals surface area contributed by atoms with E-state index in [1.807, 2.05) is 24.3 Å². The smallest absolute Gasteiger partial charge is 0.322 e. The predicted molar refractivity (Wildman–Crippen MR) is 83.0 cm³/mol. The molecule has 0 aromatic heterocycles. The van der Waals surface area contributed by atoms with Crippen LogP contribution in [0.15, 0.2) is 36.0 Å². The van der Waals surface area contributed by atoms with Crippen LogP contribution in [-0.2, 0) is 16.0 Å². The molecule has 116 valence electrons. The number of carboxylic acids is 1. The first kappa shape index (κ1) is 17.2. The molecule has 1 aromatic rings. The fourth-order valence-corrected chi connectivity index (χ4v) is 1.70. The van der Waals surface area contributed by atoms with Crippen LogP contribution in [0.25, 0.3) is 0 Å². The van der Waals surface area contributed by atoms with Gasteiger partial charge in [-0.15, -0.1) is 0 Å². The molecule has 1 amide bonds. The predicted octanol–water partition coefficient (Wildman–Crippen LogP) is 2.05. The number of hydrogen-bond donors (Lipinski definition) is 3. The number of hydrogen-bond acceptors (Lipinski definition) is 4. The van der Waals surface area contributed by atoms with Crippen LogP contribution in [0, 0.1) is 11.3 Å². The van der Waals surface area contributed by atoms with E-state index in [9.17, 15) is 9.59 Å². The van der Waals surface area contributed by atoms with Crippen molar-refractivity contribution in [1.29, 1.82) is 5.26 Å². The number of carbonyl (C=O) groups excluding carboxylic acids is 1. The molecular weight excluding hydrogens is 282 g/mol. The van der Waals surface area contributed by atoms with Crippen LogP contribution in [0.1, 0.15) is 25.3 Å². The summed E-state index contributed by atoms with van der Waals surface area (Å²) in [7, 11) is 0. The molecule has 6 nitrogen and oxygen atoms in total. The van der Waals surface area contributed by atoms with Crippen molar-refractivity contribution in [3.05, 3.63) is 41.6 Å². The van der Waals surface area contributed by atoms with Crippen LogP contribution in [0.3, 0.4) is 0 Å². The van der Waals surface area contributed by atoms with E-state index in [1.165, 1.54) is 11.8 Å². The fourth-order valence-electron chi connectivity index (χ4n) is 1.70. The molecule has 22 heavy (non-hydrogen) atoms. The van der Waals surface area contributed by atoms with Crippen molar-refractivity contribution in [3.8, 4) is 6.07 Å². The quantitative estimate of drug-likeness (QED) is 0.504. The number of benzene rings is 1. The van der Waals surface area contributed by atoms with Crippen molar-refractivity contribution in [1.82, 2.24) is 5.32 Å². The van der Waals surface area contributed by atoms with Gasteiger partial charge >= 0.3 is 5.97 Å². The zero-order valence-electron chi connectivity index (χ0n) is 12.4. The van der Waals surface area contributed by atoms with Gasteiger partial charge in [-0.3, -0.25) is 9.59 Å². The maximum absolute atomic E-state index is 11.6. The normalized spacial score (nSPS) is 10.6. The number of nitrogens with zero attached hydrogens (tertiary/aromatic N) is 1. The number of amides is 1. The lowest BCUT2D eigenvalue weighted by atomic mass is 10.1. The summed E-state index contributed by atoms with van der Waals surface area (Å²) in [6.07, 6.45) is 4.56. The number of carbonyl (C=O) groups is 2. The highest BCUT2D eigenvalue weighted by atomic mass is 16.4. The molecule has 6 heteroatoms. The van der Waals surface area contributed by atoms with Crippen molar-refractivity contribution in [2.45, 2.75) is 26.2 Å². The summed E-state index contributed by atoms with van der Waals surface area (Å²) in [6.45, 7) is 1.61. The Balaban J connectivity index is 2.62. The van der Waals surface area contributed by atoms with Crippen LogP contribution in [-0.4, -0.2) is 23.5 Å². The molecule has 0 heterocycles. The first-order valence-electron chi connectivity index (χ1n) is 7.02. The lowest BCUT2D eigenvalue weighted by molar-refractivity contribution is -0.137. The standard InChI is InChI=1S/C16H19N3O3/c1-2-3-4-12-5-7-14(8-6-12)18-10-13(9-17)16(22)19-11-15(20)21/h5-8,10,18H,2-4,11H2,1H3,(H,19,22)(H,20,21)/b13-10-. The number of rotatable bonds is 8. The molecule has 0 saturated carbocycles. The van der Waals surface area contributed by atoms with E-state index >= 15 is 0 Å². The van der Waals surface area contributed by atoms with Crippen molar-refractivity contribution >= 4 is 17.6 Å². The van der Waals surface area contributed by atoms with Crippen LogP contribution >= 0.6 is 0 Å². The summed E-state index contributed by atoms with van der Waals surface area (Å²) >= 11 is 0. The molecule has 0 radical (unpaired) electrons. The Morgan fingerprint density at radius 1 is 1.32 bits per heavy atom. The van der Waals surface area contributed by atoms with Crippen LogP contribution < -0.4 is 10.6 Å². The number of carboxylic acid groups (broad SMARTS) is 1. The highest BCUT2D eigenvalue weighted by Gasteiger charge is 2.09. The topological polar surface area (TPSA) is 102 Å². The Kier molecular flexibility index (Phi) is 7.20. The molecule has 0 fully saturated rings. The Morgan fingerprint density at radius 2 is 2.00 bits per heavy atom. The van der Waals surface area contributed by atoms with Crippen molar-refractivity contribution in [2.24, 2.45) is 0 Å². The van der Waals surface area contributed by atoms with Crippen molar-refractivity contribution in [2.75, 3.05) is 11.9 Å². The molecule has 1 aromatic carbocycles. The van der Waals surface area contributed by atoms with E-state index in [-0.39, 0.29) is 5.57 Å². The summed E-state index contributed by atoms with van der Waals surface area (Å²) in [5.74, 6) is -1.89. The second-order valence-corrected chi connectivity index (χ2v) is 4.69. The van der Waals surface area contributed by atoms with Gasteiger partial charge in [0.05, 0.1) is 0 Å². The summed E-state index contributed by atoms with van der Waals surface area (Å²) in [5, 5.41) is 22.4. The van der Waals surface area contributed by atoms with Gasteiger partial charge in [0, 0.05) is 11.9 Å². The number of unbranched alkanes of at least 4 members (excludes halogenated alkanes) is 1. The monoisotopic (exact) mass is 301 g/mol. The SMILES string of the molecule is CCCCc1ccc(N/C=C(/C#N)C(=O)NCC(=O)O)cc1. The summed E-state index contributed by atoms with van der Waals surface area (Å²) < 4.78 is 0. The lowest BCUT2D eigenvalue weighted by Crippen LogP contribution is -2.30. The maximum atomic E-state index is 11.6. The Hall–Kier alpha value is -2.81. The van der Waals surface area contributed by atoms with Gasteiger partial charge in [0.15, 0.2) is 0 Å². The minimum atomic E-state index is -1.17. The van der Waals surface area contributed by atoms with Crippen LogP contribution in [0.4, 0.5) is 5.69 Å². The van der Waals surface area contributed by atoms with E-state index in [0.29, 0.717) is 0 Å². The fraction of sp³-hybridized carbons (Fsp3) is 0.312. The highest BCUT2D eigenvalue weighted by Crippen LogP contribution is 2.12. The summed E-state index contributed by atoms with van der Waals surface area (Å²) in [4.78, 5) is 21.9. The number of nitrogens with one attached hydrogen (secondary N) is 2. The van der Waals surface area contributed by atoms with E-state index in [4.69, 9.17) is 10.4 Å². The molecule has 0 bridgehead atoms. The zero-order valence-corrected chi connectivity index (χ0v) is 12.4. The molecular formula is C16H19N3O3. The third kappa shape index (κ3) is 6.09. The Bertz CT molecular complexity index is 586. The first-order chi connectivity index (χ1) is 10.6. The Labute approximate surface area is 129 Å². The second-order valence-electron chi connectivity index (χ2n) is 4.69. The number of aliphatic carboxylic acids is 1. The molecule has 0 atom stereocenters. The molecule has 0 spiro atoms. The average Bonchev–Trinajstić information content (AvgIpc) is 2.52. The van der Waals surface area contributed by atoms with Crippen LogP contribution in [0.2, 0.25) is 0 Å². The van der Waals surface area contributed by atoms with Crippen molar-refractivity contribution < 1.29 is 14.7 Å². The zero-order chi connectivity index (χ0) is 16.4. The van der Waals surface area contributed by atoms with Crippen LogP contribution in [0.5, 0.6) is 0 Å². The van der Waals surface area contributed by atoms with E-state index < -0.39 is 18.4 Å². The average molecular weight is 301 g/mol. The highest BCUT2D eigenvalue weighted by molar-refractivity contribution is 5.98. The number of anilines is 1. The lowest BCUT2D eigenvalue weighted by Gasteiger charge is -2.05. The molecule has 0 aliphatic heterocycles. The second kappa shape index (κ2) is 9.19. The largest absolute Gasteiger partial charge is 0.480 e. The molecule has 0 aliphatic rings. The molecule has 0 aliphatic carbocycles. The molecule has 3 N–H and O–H groups in total.